The van der Waals surface area contributed by atoms with E-state index in [4.69, 9.17) is 4.74 Å². The number of hydrogen-bond donors (Lipinski definition) is 0. The molecule has 0 atom stereocenters. The second kappa shape index (κ2) is 6.09. The van der Waals surface area contributed by atoms with Gasteiger partial charge >= 0.3 is 0 Å². The minimum absolute atomic E-state index is 0.890. The van der Waals surface area contributed by atoms with E-state index in [2.05, 4.69) is 70.9 Å². The van der Waals surface area contributed by atoms with Crippen molar-refractivity contribution in [2.24, 2.45) is 0 Å². The topological polar surface area (TPSA) is 12.5 Å². The smallest absolute Gasteiger partial charge is 0.119 e. The van der Waals surface area contributed by atoms with Crippen molar-refractivity contribution in [2.45, 2.75) is 6.54 Å². The quantitative estimate of drug-likeness (QED) is 0.773. The predicted octanol–water partition coefficient (Wildman–Crippen LogP) is 3.94. The number of nitrogens with zero attached hydrogens (tertiary/aromatic N) is 1. The first-order valence-electron chi connectivity index (χ1n) is 5.78. The molecule has 0 bridgehead atoms. The third-order valence-electron chi connectivity index (χ3n) is 2.85. The lowest BCUT2D eigenvalue weighted by atomic mass is 10.2. The molecule has 2 nitrogen and oxygen atoms in total. The Hall–Kier alpha value is -1.23. The van der Waals surface area contributed by atoms with Crippen molar-refractivity contribution >= 4 is 28.3 Å². The lowest BCUT2D eigenvalue weighted by Crippen LogP contribution is -2.16. The molecule has 0 unspecified atom stereocenters. The van der Waals surface area contributed by atoms with Crippen molar-refractivity contribution < 1.29 is 4.74 Å². The summed E-state index contributed by atoms with van der Waals surface area (Å²) in [5, 5.41) is 0. The number of methoxy groups -OCH3 is 1. The summed E-state index contributed by atoms with van der Waals surface area (Å²) >= 11 is 2.32. The highest BCUT2D eigenvalue weighted by atomic mass is 127. The summed E-state index contributed by atoms with van der Waals surface area (Å²) in [6.45, 7) is 0.906. The number of halogens is 1. The van der Waals surface area contributed by atoms with Crippen molar-refractivity contribution in [2.75, 3.05) is 19.1 Å². The van der Waals surface area contributed by atoms with Gasteiger partial charge in [0.25, 0.3) is 0 Å². The normalized spacial score (nSPS) is 10.2. The van der Waals surface area contributed by atoms with E-state index in [0.29, 0.717) is 0 Å². The number of ether oxygens (including phenoxy) is 1. The Balaban J connectivity index is 2.06. The van der Waals surface area contributed by atoms with Gasteiger partial charge in [0.1, 0.15) is 5.75 Å². The summed E-state index contributed by atoms with van der Waals surface area (Å²) < 4.78 is 6.43. The SMILES string of the molecule is COc1ccc(N(C)Cc2ccc(I)cc2)cc1. The number of benzene rings is 2. The van der Waals surface area contributed by atoms with E-state index in [0.717, 1.165) is 12.3 Å². The molecule has 0 aromatic heterocycles. The molecule has 2 rings (SSSR count). The lowest BCUT2D eigenvalue weighted by Gasteiger charge is -2.19. The van der Waals surface area contributed by atoms with Gasteiger partial charge in [0.05, 0.1) is 7.11 Å². The molecule has 0 saturated carbocycles. The molecule has 0 aliphatic heterocycles. The van der Waals surface area contributed by atoms with Crippen LogP contribution in [-0.4, -0.2) is 14.2 Å². The van der Waals surface area contributed by atoms with Crippen molar-refractivity contribution in [3.8, 4) is 5.75 Å². The van der Waals surface area contributed by atoms with Crippen LogP contribution in [0.4, 0.5) is 5.69 Å². The zero-order valence-corrected chi connectivity index (χ0v) is 12.7. The van der Waals surface area contributed by atoms with Gasteiger partial charge in [0, 0.05) is 22.8 Å². The van der Waals surface area contributed by atoms with E-state index in [9.17, 15) is 0 Å². The first-order valence-corrected chi connectivity index (χ1v) is 6.86. The average molecular weight is 353 g/mol. The van der Waals surface area contributed by atoms with Gasteiger partial charge in [-0.1, -0.05) is 12.1 Å². The third kappa shape index (κ3) is 3.38. The molecular weight excluding hydrogens is 337 g/mol. The molecule has 94 valence electrons. The van der Waals surface area contributed by atoms with Crippen LogP contribution in [0.15, 0.2) is 48.5 Å². The summed E-state index contributed by atoms with van der Waals surface area (Å²) in [5.74, 6) is 0.890. The van der Waals surface area contributed by atoms with E-state index in [1.54, 1.807) is 7.11 Å². The van der Waals surface area contributed by atoms with Gasteiger partial charge in [-0.05, 0) is 64.6 Å². The Morgan fingerprint density at radius 1 is 1.00 bits per heavy atom. The molecule has 0 aliphatic rings. The van der Waals surface area contributed by atoms with Gasteiger partial charge in [-0.3, -0.25) is 0 Å². The second-order valence-corrected chi connectivity index (χ2v) is 5.43. The maximum Gasteiger partial charge on any atom is 0.119 e. The van der Waals surface area contributed by atoms with Crippen LogP contribution in [0, 0.1) is 3.57 Å². The maximum atomic E-state index is 5.16. The molecule has 3 heteroatoms. The molecule has 18 heavy (non-hydrogen) atoms. The number of hydrogen-bond acceptors (Lipinski definition) is 2. The first kappa shape index (κ1) is 13.2. The molecule has 0 N–H and O–H groups in total. The van der Waals surface area contributed by atoms with Crippen LogP contribution in [0.1, 0.15) is 5.56 Å². The summed E-state index contributed by atoms with van der Waals surface area (Å²) in [7, 11) is 3.78. The molecule has 0 heterocycles. The fraction of sp³-hybridized carbons (Fsp3) is 0.200. The highest BCUT2D eigenvalue weighted by molar-refractivity contribution is 14.1. The summed E-state index contributed by atoms with van der Waals surface area (Å²) in [6, 6.07) is 16.7. The monoisotopic (exact) mass is 353 g/mol. The van der Waals surface area contributed by atoms with E-state index in [1.165, 1.54) is 14.8 Å². The molecule has 0 fully saturated rings. The second-order valence-electron chi connectivity index (χ2n) is 4.18. The molecule has 0 amide bonds. The van der Waals surface area contributed by atoms with Crippen molar-refractivity contribution in [3.05, 3.63) is 57.7 Å². The van der Waals surface area contributed by atoms with Crippen LogP contribution < -0.4 is 9.64 Å². The average Bonchev–Trinajstić information content (AvgIpc) is 2.41. The van der Waals surface area contributed by atoms with Crippen LogP contribution in [0.5, 0.6) is 5.75 Å². The minimum atomic E-state index is 0.890. The molecule has 0 spiro atoms. The Morgan fingerprint density at radius 2 is 1.61 bits per heavy atom. The Morgan fingerprint density at radius 3 is 2.17 bits per heavy atom. The summed E-state index contributed by atoms with van der Waals surface area (Å²) in [5.41, 5.74) is 2.50. The molecule has 0 aliphatic carbocycles. The Labute approximate surface area is 122 Å². The third-order valence-corrected chi connectivity index (χ3v) is 3.57. The number of anilines is 1. The number of rotatable bonds is 4. The zero-order valence-electron chi connectivity index (χ0n) is 10.6. The largest absolute Gasteiger partial charge is 0.497 e. The Bertz CT molecular complexity index is 493. The van der Waals surface area contributed by atoms with Gasteiger partial charge < -0.3 is 9.64 Å². The fourth-order valence-electron chi connectivity index (χ4n) is 1.79. The molecule has 0 saturated heterocycles. The van der Waals surface area contributed by atoms with Gasteiger partial charge in [0.15, 0.2) is 0 Å². The fourth-order valence-corrected chi connectivity index (χ4v) is 2.15. The predicted molar refractivity (Wildman–Crippen MR) is 84.3 cm³/mol. The standard InChI is InChI=1S/C15H16INO/c1-17(11-12-3-5-13(16)6-4-12)14-7-9-15(18-2)10-8-14/h3-10H,11H2,1-2H3. The summed E-state index contributed by atoms with van der Waals surface area (Å²) in [4.78, 5) is 2.22. The van der Waals surface area contributed by atoms with Crippen molar-refractivity contribution in [1.29, 1.82) is 0 Å². The van der Waals surface area contributed by atoms with Crippen LogP contribution in [0.3, 0.4) is 0 Å². The summed E-state index contributed by atoms with van der Waals surface area (Å²) in [6.07, 6.45) is 0. The van der Waals surface area contributed by atoms with E-state index in [1.807, 2.05) is 12.1 Å². The molecule has 0 radical (unpaired) electrons. The minimum Gasteiger partial charge on any atom is -0.497 e. The highest BCUT2D eigenvalue weighted by Crippen LogP contribution is 2.20. The first-order chi connectivity index (χ1) is 8.69. The highest BCUT2D eigenvalue weighted by Gasteiger charge is 2.02. The zero-order chi connectivity index (χ0) is 13.0. The lowest BCUT2D eigenvalue weighted by molar-refractivity contribution is 0.415. The van der Waals surface area contributed by atoms with E-state index < -0.39 is 0 Å². The Kier molecular flexibility index (Phi) is 4.47. The van der Waals surface area contributed by atoms with Gasteiger partial charge in [-0.2, -0.15) is 0 Å². The van der Waals surface area contributed by atoms with Crippen LogP contribution in [0.2, 0.25) is 0 Å². The van der Waals surface area contributed by atoms with Gasteiger partial charge in [0.2, 0.25) is 0 Å². The van der Waals surface area contributed by atoms with Crippen LogP contribution in [-0.2, 0) is 6.54 Å². The van der Waals surface area contributed by atoms with E-state index >= 15 is 0 Å². The molecule has 2 aromatic carbocycles. The van der Waals surface area contributed by atoms with Crippen LogP contribution in [0.25, 0.3) is 0 Å². The van der Waals surface area contributed by atoms with E-state index in [-0.39, 0.29) is 0 Å². The maximum absolute atomic E-state index is 5.16. The molecular formula is C15H16INO. The van der Waals surface area contributed by atoms with Gasteiger partial charge in [-0.25, -0.2) is 0 Å². The van der Waals surface area contributed by atoms with Crippen molar-refractivity contribution in [1.82, 2.24) is 0 Å². The molecule has 2 aromatic rings. The van der Waals surface area contributed by atoms with Crippen LogP contribution >= 0.6 is 22.6 Å². The van der Waals surface area contributed by atoms with Crippen molar-refractivity contribution in [3.63, 3.8) is 0 Å². The van der Waals surface area contributed by atoms with Gasteiger partial charge in [-0.15, -0.1) is 0 Å².